The Morgan fingerprint density at radius 3 is 2.60 bits per heavy atom. The number of nitrogens with one attached hydrogen (secondary N) is 1. The van der Waals surface area contributed by atoms with E-state index in [1.165, 1.54) is 0 Å². The summed E-state index contributed by atoms with van der Waals surface area (Å²) in [5.41, 5.74) is 2.10. The first-order valence-corrected chi connectivity index (χ1v) is 7.37. The highest BCUT2D eigenvalue weighted by Crippen LogP contribution is 2.30. The van der Waals surface area contributed by atoms with Crippen LogP contribution in [0.4, 0.5) is 0 Å². The molecule has 0 saturated heterocycles. The van der Waals surface area contributed by atoms with Crippen molar-refractivity contribution in [3.05, 3.63) is 34.9 Å². The molecule has 0 radical (unpaired) electrons. The van der Waals surface area contributed by atoms with Gasteiger partial charge < -0.3 is 5.32 Å². The van der Waals surface area contributed by atoms with Crippen LogP contribution in [0.5, 0.6) is 0 Å². The van der Waals surface area contributed by atoms with Crippen LogP contribution >= 0.6 is 11.6 Å². The Labute approximate surface area is 124 Å². The summed E-state index contributed by atoms with van der Waals surface area (Å²) in [5.74, 6) is 0. The van der Waals surface area contributed by atoms with Gasteiger partial charge in [0.1, 0.15) is 0 Å². The number of hydrogen-bond acceptors (Lipinski definition) is 3. The van der Waals surface area contributed by atoms with Gasteiger partial charge in [-0.05, 0) is 26.8 Å². The summed E-state index contributed by atoms with van der Waals surface area (Å²) < 4.78 is 3.78. The minimum atomic E-state index is 0.0149. The Morgan fingerprint density at radius 2 is 2.05 bits per heavy atom. The maximum Gasteiger partial charge on any atom is 0.0837 e. The Bertz CT molecular complexity index is 558. The van der Waals surface area contributed by atoms with Crippen LogP contribution in [0, 0.1) is 0 Å². The summed E-state index contributed by atoms with van der Waals surface area (Å²) in [6.45, 7) is 7.27. The van der Waals surface area contributed by atoms with Crippen LogP contribution in [0.1, 0.15) is 50.5 Å². The summed E-state index contributed by atoms with van der Waals surface area (Å²) in [5, 5.41) is 12.9. The van der Waals surface area contributed by atoms with E-state index in [-0.39, 0.29) is 12.1 Å². The zero-order valence-electron chi connectivity index (χ0n) is 12.5. The van der Waals surface area contributed by atoms with Crippen molar-refractivity contribution in [2.45, 2.75) is 39.3 Å². The zero-order valence-corrected chi connectivity index (χ0v) is 13.2. The molecule has 2 aromatic rings. The molecule has 2 heterocycles. The Balaban J connectivity index is 2.43. The predicted molar refractivity (Wildman–Crippen MR) is 81.0 cm³/mol. The number of halogens is 1. The van der Waals surface area contributed by atoms with Crippen molar-refractivity contribution in [1.82, 2.24) is 24.9 Å². The summed E-state index contributed by atoms with van der Waals surface area (Å²) in [4.78, 5) is 0. The SMILES string of the molecule is CCCNC(c1cnn(C)c1)c1c(Cl)cnn1C(C)C. The van der Waals surface area contributed by atoms with E-state index in [0.717, 1.165) is 24.2 Å². The fraction of sp³-hybridized carbons (Fsp3) is 0.571. The lowest BCUT2D eigenvalue weighted by molar-refractivity contribution is 0.472. The van der Waals surface area contributed by atoms with Crippen molar-refractivity contribution in [1.29, 1.82) is 0 Å². The summed E-state index contributed by atoms with van der Waals surface area (Å²) in [6.07, 6.45) is 6.67. The second-order valence-corrected chi connectivity index (χ2v) is 5.66. The molecule has 1 N–H and O–H groups in total. The average molecular weight is 296 g/mol. The van der Waals surface area contributed by atoms with Crippen molar-refractivity contribution in [3.8, 4) is 0 Å². The average Bonchev–Trinajstić information content (AvgIpc) is 2.98. The lowest BCUT2D eigenvalue weighted by Crippen LogP contribution is -2.26. The van der Waals surface area contributed by atoms with Crippen LogP contribution in [-0.4, -0.2) is 26.1 Å². The number of aryl methyl sites for hydroxylation is 1. The first kappa shape index (κ1) is 15.1. The first-order valence-electron chi connectivity index (χ1n) is 6.99. The lowest BCUT2D eigenvalue weighted by atomic mass is 10.1. The highest BCUT2D eigenvalue weighted by Gasteiger charge is 2.23. The van der Waals surface area contributed by atoms with Crippen LogP contribution in [0.3, 0.4) is 0 Å². The monoisotopic (exact) mass is 295 g/mol. The molecule has 0 aromatic carbocycles. The number of nitrogens with zero attached hydrogens (tertiary/aromatic N) is 4. The van der Waals surface area contributed by atoms with Gasteiger partial charge in [0, 0.05) is 24.8 Å². The molecular weight excluding hydrogens is 274 g/mol. The van der Waals surface area contributed by atoms with E-state index in [2.05, 4.69) is 36.3 Å². The Kier molecular flexibility index (Phi) is 4.83. The van der Waals surface area contributed by atoms with Gasteiger partial charge in [0.25, 0.3) is 0 Å². The molecule has 0 spiro atoms. The highest BCUT2D eigenvalue weighted by atomic mass is 35.5. The van der Waals surface area contributed by atoms with Gasteiger partial charge in [0.2, 0.25) is 0 Å². The number of aromatic nitrogens is 4. The minimum Gasteiger partial charge on any atom is -0.305 e. The molecule has 0 amide bonds. The zero-order chi connectivity index (χ0) is 14.7. The molecule has 0 aliphatic carbocycles. The van der Waals surface area contributed by atoms with Crippen molar-refractivity contribution in [2.75, 3.05) is 6.54 Å². The van der Waals surface area contributed by atoms with Crippen molar-refractivity contribution in [3.63, 3.8) is 0 Å². The number of hydrogen-bond donors (Lipinski definition) is 1. The second-order valence-electron chi connectivity index (χ2n) is 5.25. The van der Waals surface area contributed by atoms with E-state index < -0.39 is 0 Å². The maximum absolute atomic E-state index is 6.37. The molecule has 6 heteroatoms. The summed E-state index contributed by atoms with van der Waals surface area (Å²) >= 11 is 6.37. The molecule has 5 nitrogen and oxygen atoms in total. The predicted octanol–water partition coefficient (Wildman–Crippen LogP) is 2.94. The molecule has 0 aliphatic heterocycles. The highest BCUT2D eigenvalue weighted by molar-refractivity contribution is 6.31. The van der Waals surface area contributed by atoms with Gasteiger partial charge in [-0.1, -0.05) is 18.5 Å². The standard InChI is InChI=1S/C14H22ClN5/c1-5-6-16-13(11-7-17-19(4)9-11)14-12(15)8-18-20(14)10(2)3/h7-10,13,16H,5-6H2,1-4H3. The van der Waals surface area contributed by atoms with Crippen molar-refractivity contribution < 1.29 is 0 Å². The third-order valence-electron chi connectivity index (χ3n) is 3.21. The van der Waals surface area contributed by atoms with E-state index >= 15 is 0 Å². The summed E-state index contributed by atoms with van der Waals surface area (Å²) in [7, 11) is 1.92. The molecule has 0 aliphatic rings. The fourth-order valence-corrected chi connectivity index (χ4v) is 2.52. The molecule has 0 fully saturated rings. The van der Waals surface area contributed by atoms with Crippen LogP contribution in [0.2, 0.25) is 5.02 Å². The van der Waals surface area contributed by atoms with Crippen LogP contribution in [0.25, 0.3) is 0 Å². The van der Waals surface area contributed by atoms with Crippen molar-refractivity contribution in [2.24, 2.45) is 7.05 Å². The normalized spacial score (nSPS) is 13.1. The van der Waals surface area contributed by atoms with E-state index in [9.17, 15) is 0 Å². The van der Waals surface area contributed by atoms with Gasteiger partial charge in [0.05, 0.1) is 29.2 Å². The molecule has 2 aromatic heterocycles. The topological polar surface area (TPSA) is 47.7 Å². The minimum absolute atomic E-state index is 0.0149. The van der Waals surface area contributed by atoms with Gasteiger partial charge in [-0.25, -0.2) is 0 Å². The molecule has 20 heavy (non-hydrogen) atoms. The van der Waals surface area contributed by atoms with Crippen molar-refractivity contribution >= 4 is 11.6 Å². The van der Waals surface area contributed by atoms with Crippen LogP contribution in [0.15, 0.2) is 18.6 Å². The van der Waals surface area contributed by atoms with E-state index in [1.807, 2.05) is 24.1 Å². The van der Waals surface area contributed by atoms with Crippen LogP contribution in [-0.2, 0) is 7.05 Å². The van der Waals surface area contributed by atoms with Gasteiger partial charge in [-0.15, -0.1) is 0 Å². The van der Waals surface area contributed by atoms with Crippen LogP contribution < -0.4 is 5.32 Å². The fourth-order valence-electron chi connectivity index (χ4n) is 2.28. The third-order valence-corrected chi connectivity index (χ3v) is 3.50. The summed E-state index contributed by atoms with van der Waals surface area (Å²) in [6, 6.07) is 0.279. The smallest absolute Gasteiger partial charge is 0.0837 e. The van der Waals surface area contributed by atoms with E-state index in [0.29, 0.717) is 5.02 Å². The molecule has 0 saturated carbocycles. The molecule has 2 rings (SSSR count). The van der Waals surface area contributed by atoms with E-state index in [1.54, 1.807) is 10.9 Å². The largest absolute Gasteiger partial charge is 0.305 e. The van der Waals surface area contributed by atoms with Gasteiger partial charge in [-0.3, -0.25) is 9.36 Å². The quantitative estimate of drug-likeness (QED) is 0.891. The lowest BCUT2D eigenvalue weighted by Gasteiger charge is -2.21. The van der Waals surface area contributed by atoms with E-state index in [4.69, 9.17) is 11.6 Å². The van der Waals surface area contributed by atoms with Gasteiger partial charge >= 0.3 is 0 Å². The number of rotatable bonds is 6. The Morgan fingerprint density at radius 1 is 1.30 bits per heavy atom. The molecule has 0 bridgehead atoms. The maximum atomic E-state index is 6.37. The van der Waals surface area contributed by atoms with Gasteiger partial charge in [-0.2, -0.15) is 10.2 Å². The Hall–Kier alpha value is -1.33. The molecule has 1 atom stereocenters. The molecule has 1 unspecified atom stereocenters. The first-order chi connectivity index (χ1) is 9.54. The van der Waals surface area contributed by atoms with Gasteiger partial charge in [0.15, 0.2) is 0 Å². The molecular formula is C14H22ClN5. The third kappa shape index (κ3) is 3.04. The molecule has 110 valence electrons. The second kappa shape index (κ2) is 6.41.